The van der Waals surface area contributed by atoms with Crippen LogP contribution in [0.25, 0.3) is 0 Å². The van der Waals surface area contributed by atoms with Gasteiger partial charge < -0.3 is 14.8 Å². The molecule has 3 rings (SSSR count). The van der Waals surface area contributed by atoms with Gasteiger partial charge in [-0.05, 0) is 80.3 Å². The highest BCUT2D eigenvalue weighted by atomic mass is 32.2. The predicted molar refractivity (Wildman–Crippen MR) is 142 cm³/mol. The van der Waals surface area contributed by atoms with Crippen molar-refractivity contribution in [1.82, 2.24) is 5.32 Å². The van der Waals surface area contributed by atoms with Gasteiger partial charge in [0.15, 0.2) is 11.5 Å². The van der Waals surface area contributed by atoms with Crippen LogP contribution in [0.1, 0.15) is 41.6 Å². The molecule has 36 heavy (non-hydrogen) atoms. The molecule has 0 aliphatic rings. The molecule has 0 aliphatic heterocycles. The van der Waals surface area contributed by atoms with Gasteiger partial charge in [-0.15, -0.1) is 0 Å². The van der Waals surface area contributed by atoms with Crippen molar-refractivity contribution in [3.63, 3.8) is 0 Å². The second-order valence-electron chi connectivity index (χ2n) is 8.81. The van der Waals surface area contributed by atoms with E-state index in [1.165, 1.54) is 4.31 Å². The van der Waals surface area contributed by atoms with Crippen LogP contribution in [0.3, 0.4) is 0 Å². The van der Waals surface area contributed by atoms with E-state index in [1.54, 1.807) is 56.7 Å². The lowest BCUT2D eigenvalue weighted by Gasteiger charge is -2.26. The summed E-state index contributed by atoms with van der Waals surface area (Å²) in [6.07, 6.45) is 0.607. The maximum atomic E-state index is 13.7. The Balaban J connectivity index is 1.94. The lowest BCUT2D eigenvalue weighted by molar-refractivity contribution is -0.120. The van der Waals surface area contributed by atoms with Crippen molar-refractivity contribution in [3.8, 4) is 11.5 Å². The Morgan fingerprint density at radius 2 is 1.47 bits per heavy atom. The van der Waals surface area contributed by atoms with E-state index in [9.17, 15) is 13.2 Å². The lowest BCUT2D eigenvalue weighted by Crippen LogP contribution is -2.42. The van der Waals surface area contributed by atoms with Gasteiger partial charge in [0, 0.05) is 0 Å². The highest BCUT2D eigenvalue weighted by molar-refractivity contribution is 7.92. The lowest BCUT2D eigenvalue weighted by atomic mass is 10.0. The van der Waals surface area contributed by atoms with E-state index >= 15 is 0 Å². The first kappa shape index (κ1) is 27.1. The number of nitrogens with zero attached hydrogens (tertiary/aromatic N) is 1. The molecule has 0 fully saturated rings. The Kier molecular flexibility index (Phi) is 8.63. The van der Waals surface area contributed by atoms with Crippen molar-refractivity contribution in [2.45, 2.75) is 45.1 Å². The van der Waals surface area contributed by atoms with Gasteiger partial charge in [0.25, 0.3) is 10.0 Å². The number of hydrogen-bond acceptors (Lipinski definition) is 5. The molecule has 0 bridgehead atoms. The van der Waals surface area contributed by atoms with Gasteiger partial charge in [-0.2, -0.15) is 0 Å². The summed E-state index contributed by atoms with van der Waals surface area (Å²) in [5.74, 6) is 0.737. The zero-order valence-electron chi connectivity index (χ0n) is 21.7. The largest absolute Gasteiger partial charge is 0.493 e. The molecule has 0 spiro atoms. The third-order valence-electron chi connectivity index (χ3n) is 5.94. The van der Waals surface area contributed by atoms with E-state index in [-0.39, 0.29) is 17.5 Å². The SMILES string of the molecule is CCC(NC(=O)CN(c1cc(C)cc(C)c1)S(=O)(=O)c1ccc(C)cc1)c1ccc(OC)c(OC)c1. The molecule has 192 valence electrons. The number of benzene rings is 3. The van der Waals surface area contributed by atoms with Gasteiger partial charge >= 0.3 is 0 Å². The molecule has 1 amide bonds. The molecular formula is C28H34N2O5S. The summed E-state index contributed by atoms with van der Waals surface area (Å²) in [6, 6.07) is 17.3. The van der Waals surface area contributed by atoms with Crippen LogP contribution in [0.5, 0.6) is 11.5 Å². The molecule has 3 aromatic carbocycles. The second-order valence-corrected chi connectivity index (χ2v) is 10.7. The van der Waals surface area contributed by atoms with Gasteiger partial charge in [0.05, 0.1) is 30.8 Å². The first-order chi connectivity index (χ1) is 17.1. The molecule has 0 heterocycles. The zero-order valence-corrected chi connectivity index (χ0v) is 22.5. The molecule has 0 radical (unpaired) electrons. The third kappa shape index (κ3) is 6.18. The standard InChI is InChI=1S/C28H34N2O5S/c1-7-25(22-10-13-26(34-5)27(17-22)35-6)29-28(31)18-30(23-15-20(3)14-21(4)16-23)36(32,33)24-11-8-19(2)9-12-24/h8-17,25H,7,18H2,1-6H3,(H,29,31). The minimum absolute atomic E-state index is 0.131. The average Bonchev–Trinajstić information content (AvgIpc) is 2.85. The number of carbonyl (C=O) groups excluding carboxylic acids is 1. The van der Waals surface area contributed by atoms with Crippen LogP contribution in [0, 0.1) is 20.8 Å². The van der Waals surface area contributed by atoms with Crippen LogP contribution in [-0.4, -0.2) is 35.1 Å². The van der Waals surface area contributed by atoms with Crippen LogP contribution in [0.15, 0.2) is 65.6 Å². The number of sulfonamides is 1. The van der Waals surface area contributed by atoms with Crippen molar-refractivity contribution >= 4 is 21.6 Å². The van der Waals surface area contributed by atoms with Crippen LogP contribution in [0.2, 0.25) is 0 Å². The summed E-state index contributed by atoms with van der Waals surface area (Å²) < 4.78 is 39.3. The highest BCUT2D eigenvalue weighted by Gasteiger charge is 2.28. The van der Waals surface area contributed by atoms with E-state index in [0.717, 1.165) is 22.3 Å². The zero-order chi connectivity index (χ0) is 26.5. The maximum absolute atomic E-state index is 13.7. The van der Waals surface area contributed by atoms with Crippen LogP contribution in [0.4, 0.5) is 5.69 Å². The number of methoxy groups -OCH3 is 2. The van der Waals surface area contributed by atoms with Crippen LogP contribution in [-0.2, 0) is 14.8 Å². The van der Waals surface area contributed by atoms with Gasteiger partial charge in [-0.1, -0.05) is 36.8 Å². The fourth-order valence-electron chi connectivity index (χ4n) is 4.11. The summed E-state index contributed by atoms with van der Waals surface area (Å²) in [6.45, 7) is 7.29. The predicted octanol–water partition coefficient (Wildman–Crippen LogP) is 5.09. The minimum atomic E-state index is -3.99. The summed E-state index contributed by atoms with van der Waals surface area (Å²) in [7, 11) is -0.874. The number of anilines is 1. The fourth-order valence-corrected chi connectivity index (χ4v) is 5.51. The maximum Gasteiger partial charge on any atom is 0.264 e. The van der Waals surface area contributed by atoms with E-state index in [1.807, 2.05) is 45.9 Å². The summed E-state index contributed by atoms with van der Waals surface area (Å²) in [5, 5.41) is 2.99. The fraction of sp³-hybridized carbons (Fsp3) is 0.321. The smallest absolute Gasteiger partial charge is 0.264 e. The quantitative estimate of drug-likeness (QED) is 0.411. The van der Waals surface area contributed by atoms with Crippen molar-refractivity contribution < 1.29 is 22.7 Å². The molecule has 0 saturated carbocycles. The van der Waals surface area contributed by atoms with E-state index in [4.69, 9.17) is 9.47 Å². The Labute approximate surface area is 214 Å². The Hall–Kier alpha value is -3.52. The molecule has 3 aromatic rings. The molecule has 7 nitrogen and oxygen atoms in total. The number of aryl methyl sites for hydroxylation is 3. The number of nitrogens with one attached hydrogen (secondary N) is 1. The number of hydrogen-bond donors (Lipinski definition) is 1. The van der Waals surface area contributed by atoms with Crippen LogP contribution < -0.4 is 19.1 Å². The van der Waals surface area contributed by atoms with Gasteiger partial charge in [0.2, 0.25) is 5.91 Å². The van der Waals surface area contributed by atoms with Crippen molar-refractivity contribution in [2.75, 3.05) is 25.1 Å². The van der Waals surface area contributed by atoms with Gasteiger partial charge in [-0.25, -0.2) is 8.42 Å². The summed E-state index contributed by atoms with van der Waals surface area (Å²) in [5.41, 5.74) is 4.05. The summed E-state index contributed by atoms with van der Waals surface area (Å²) in [4.78, 5) is 13.4. The first-order valence-electron chi connectivity index (χ1n) is 11.8. The summed E-state index contributed by atoms with van der Waals surface area (Å²) >= 11 is 0. The monoisotopic (exact) mass is 510 g/mol. The number of ether oxygens (including phenoxy) is 2. The third-order valence-corrected chi connectivity index (χ3v) is 7.73. The van der Waals surface area contributed by atoms with Gasteiger partial charge in [0.1, 0.15) is 6.54 Å². The van der Waals surface area contributed by atoms with Gasteiger partial charge in [-0.3, -0.25) is 9.10 Å². The van der Waals surface area contributed by atoms with Crippen LogP contribution >= 0.6 is 0 Å². The van der Waals surface area contributed by atoms with E-state index in [2.05, 4.69) is 5.32 Å². The molecule has 1 atom stereocenters. The second kappa shape index (κ2) is 11.5. The van der Waals surface area contributed by atoms with Crippen molar-refractivity contribution in [1.29, 1.82) is 0 Å². The Morgan fingerprint density at radius 1 is 0.861 bits per heavy atom. The number of carbonyl (C=O) groups is 1. The number of rotatable bonds is 10. The topological polar surface area (TPSA) is 84.9 Å². The Morgan fingerprint density at radius 3 is 2.03 bits per heavy atom. The molecular weight excluding hydrogens is 476 g/mol. The molecule has 8 heteroatoms. The molecule has 1 N–H and O–H groups in total. The van der Waals surface area contributed by atoms with Crippen molar-refractivity contribution in [3.05, 3.63) is 82.9 Å². The van der Waals surface area contributed by atoms with E-state index < -0.39 is 15.9 Å². The number of amides is 1. The molecule has 1 unspecified atom stereocenters. The van der Waals surface area contributed by atoms with Crippen molar-refractivity contribution in [2.24, 2.45) is 0 Å². The normalized spacial score (nSPS) is 12.1. The molecule has 0 aromatic heterocycles. The first-order valence-corrected chi connectivity index (χ1v) is 13.2. The minimum Gasteiger partial charge on any atom is -0.493 e. The highest BCUT2D eigenvalue weighted by Crippen LogP contribution is 2.31. The molecule has 0 saturated heterocycles. The van der Waals surface area contributed by atoms with E-state index in [0.29, 0.717) is 23.6 Å². The Bertz CT molecular complexity index is 1300. The molecule has 0 aliphatic carbocycles. The average molecular weight is 511 g/mol.